The van der Waals surface area contributed by atoms with Crippen LogP contribution in [0.15, 0.2) is 4.52 Å². The second kappa shape index (κ2) is 9.13. The Kier molecular flexibility index (Phi) is 6.14. The zero-order valence-corrected chi connectivity index (χ0v) is 20.1. The minimum Gasteiger partial charge on any atom is -0.378 e. The number of likely N-dealkylation sites (tertiary alicyclic amines) is 1. The van der Waals surface area contributed by atoms with E-state index in [2.05, 4.69) is 15.8 Å². The van der Waals surface area contributed by atoms with E-state index in [0.717, 1.165) is 50.7 Å². The molecule has 2 atom stereocenters. The molecule has 4 heterocycles. The molecule has 3 saturated heterocycles. The summed E-state index contributed by atoms with van der Waals surface area (Å²) in [5.74, 6) is 1.65. The molecule has 5 aliphatic rings. The van der Waals surface area contributed by atoms with Crippen molar-refractivity contribution in [3.05, 3.63) is 11.7 Å². The van der Waals surface area contributed by atoms with Gasteiger partial charge in [-0.1, -0.05) is 30.8 Å². The number of carbonyl (C=O) groups is 1. The maximum atomic E-state index is 14.2. The number of aromatic nitrogens is 2. The molecule has 2 saturated carbocycles. The van der Waals surface area contributed by atoms with Crippen LogP contribution in [0.25, 0.3) is 0 Å². The maximum Gasteiger partial charge on any atom is 0.260 e. The van der Waals surface area contributed by atoms with Gasteiger partial charge in [-0.2, -0.15) is 4.98 Å². The van der Waals surface area contributed by atoms with Crippen LogP contribution in [0.1, 0.15) is 94.2 Å². The number of carbonyl (C=O) groups excluding carboxylic acids is 1. The third kappa shape index (κ3) is 4.39. The summed E-state index contributed by atoms with van der Waals surface area (Å²) in [4.78, 5) is 19.0. The van der Waals surface area contributed by atoms with Gasteiger partial charge in [0.15, 0.2) is 11.5 Å². The molecule has 2 N–H and O–H groups in total. The fourth-order valence-electron chi connectivity index (χ4n) is 6.59. The normalized spacial score (nSPS) is 31.7. The van der Waals surface area contributed by atoms with Gasteiger partial charge in [-0.15, -0.1) is 0 Å². The van der Waals surface area contributed by atoms with Gasteiger partial charge in [-0.05, 0) is 50.4 Å². The molecule has 6 rings (SSSR count). The first-order valence-corrected chi connectivity index (χ1v) is 13.4. The standard InChI is InChI=1S/C25H38FN5O3/c26-25(9-10-25)23(32)31-11-5-17(6-12-31)21-29-22(34-30-21)19-13-20(28-18-14-33-15-18)27-16-24(19)7-3-1-2-4-8-24/h17-20,27-28H,1-16H2. The highest BCUT2D eigenvalue weighted by atomic mass is 19.1. The van der Waals surface area contributed by atoms with E-state index in [1.165, 1.54) is 38.5 Å². The van der Waals surface area contributed by atoms with E-state index in [9.17, 15) is 9.18 Å². The van der Waals surface area contributed by atoms with Crippen LogP contribution in [0.5, 0.6) is 0 Å². The lowest BCUT2D eigenvalue weighted by atomic mass is 9.66. The highest BCUT2D eigenvalue weighted by molar-refractivity contribution is 5.88. The lowest BCUT2D eigenvalue weighted by Crippen LogP contribution is -2.60. The molecule has 1 amide bonds. The van der Waals surface area contributed by atoms with Crippen LogP contribution in [0, 0.1) is 5.41 Å². The fraction of sp³-hybridized carbons (Fsp3) is 0.880. The summed E-state index contributed by atoms with van der Waals surface area (Å²) < 4.78 is 25.5. The lowest BCUT2D eigenvalue weighted by molar-refractivity contribution is -0.139. The van der Waals surface area contributed by atoms with E-state index < -0.39 is 5.67 Å². The molecule has 3 aliphatic heterocycles. The van der Waals surface area contributed by atoms with Crippen LogP contribution >= 0.6 is 0 Å². The van der Waals surface area contributed by atoms with Gasteiger partial charge >= 0.3 is 0 Å². The molecule has 2 unspecified atom stereocenters. The molecule has 8 nitrogen and oxygen atoms in total. The summed E-state index contributed by atoms with van der Waals surface area (Å²) in [6.07, 6.45) is 11.0. The molecule has 5 fully saturated rings. The molecule has 1 aromatic rings. The largest absolute Gasteiger partial charge is 0.378 e. The van der Waals surface area contributed by atoms with Crippen molar-refractivity contribution in [2.24, 2.45) is 5.41 Å². The molecular formula is C25H38FN5O3. The van der Waals surface area contributed by atoms with E-state index in [1.54, 1.807) is 4.90 Å². The molecule has 1 spiro atoms. The molecule has 34 heavy (non-hydrogen) atoms. The van der Waals surface area contributed by atoms with E-state index >= 15 is 0 Å². The highest BCUT2D eigenvalue weighted by Crippen LogP contribution is 2.50. The van der Waals surface area contributed by atoms with Gasteiger partial charge < -0.3 is 19.5 Å². The molecule has 0 bridgehead atoms. The zero-order valence-electron chi connectivity index (χ0n) is 20.1. The smallest absolute Gasteiger partial charge is 0.260 e. The van der Waals surface area contributed by atoms with Gasteiger partial charge in [0.05, 0.1) is 25.4 Å². The Morgan fingerprint density at radius 2 is 1.82 bits per heavy atom. The Balaban J connectivity index is 1.15. The summed E-state index contributed by atoms with van der Waals surface area (Å²) in [6, 6.07) is 0.423. The van der Waals surface area contributed by atoms with Gasteiger partial charge in [-0.3, -0.25) is 10.1 Å². The van der Waals surface area contributed by atoms with Crippen LogP contribution in [0.2, 0.25) is 0 Å². The van der Waals surface area contributed by atoms with Crippen molar-refractivity contribution in [3.63, 3.8) is 0 Å². The van der Waals surface area contributed by atoms with E-state index in [0.29, 0.717) is 32.0 Å². The predicted octanol–water partition coefficient (Wildman–Crippen LogP) is 3.01. The van der Waals surface area contributed by atoms with Gasteiger partial charge in [-0.25, -0.2) is 4.39 Å². The van der Waals surface area contributed by atoms with Crippen molar-refractivity contribution in [1.29, 1.82) is 0 Å². The summed E-state index contributed by atoms with van der Waals surface area (Å²) in [7, 11) is 0. The molecule has 1 aromatic heterocycles. The van der Waals surface area contributed by atoms with Crippen molar-refractivity contribution in [2.45, 2.75) is 100 Å². The van der Waals surface area contributed by atoms with Crippen molar-refractivity contribution >= 4 is 5.91 Å². The lowest BCUT2D eigenvalue weighted by Gasteiger charge is -2.47. The number of nitrogens with zero attached hydrogens (tertiary/aromatic N) is 3. The number of nitrogens with one attached hydrogen (secondary N) is 2. The third-order valence-electron chi connectivity index (χ3n) is 9.06. The van der Waals surface area contributed by atoms with Crippen molar-refractivity contribution in [2.75, 3.05) is 32.8 Å². The second-order valence-corrected chi connectivity index (χ2v) is 11.4. The number of ether oxygens (including phenoxy) is 1. The minimum atomic E-state index is -1.58. The number of hydrogen-bond acceptors (Lipinski definition) is 7. The van der Waals surface area contributed by atoms with Crippen molar-refractivity contribution in [3.8, 4) is 0 Å². The first-order valence-electron chi connectivity index (χ1n) is 13.4. The summed E-state index contributed by atoms with van der Waals surface area (Å²) in [6.45, 7) is 3.69. The Hall–Kier alpha value is -1.58. The number of hydrogen-bond donors (Lipinski definition) is 2. The topological polar surface area (TPSA) is 92.5 Å². The second-order valence-electron chi connectivity index (χ2n) is 11.4. The fourth-order valence-corrected chi connectivity index (χ4v) is 6.59. The third-order valence-corrected chi connectivity index (χ3v) is 9.06. The number of rotatable bonds is 5. The summed E-state index contributed by atoms with van der Waals surface area (Å²) >= 11 is 0. The zero-order chi connectivity index (χ0) is 23.2. The maximum absolute atomic E-state index is 14.2. The Labute approximate surface area is 200 Å². The van der Waals surface area contributed by atoms with Crippen LogP contribution in [0.3, 0.4) is 0 Å². The molecule has 9 heteroatoms. The molecular weight excluding hydrogens is 437 g/mol. The average molecular weight is 476 g/mol. The Morgan fingerprint density at radius 3 is 2.47 bits per heavy atom. The Bertz CT molecular complexity index is 870. The van der Waals surface area contributed by atoms with Crippen molar-refractivity contribution < 1.29 is 18.4 Å². The quantitative estimate of drug-likeness (QED) is 0.676. The number of piperidine rings is 2. The number of alkyl halides is 1. The first kappa shape index (κ1) is 22.9. The van der Waals surface area contributed by atoms with E-state index in [-0.39, 0.29) is 29.3 Å². The highest BCUT2D eigenvalue weighted by Gasteiger charge is 2.53. The molecule has 188 valence electrons. The summed E-state index contributed by atoms with van der Waals surface area (Å²) in [5.41, 5.74) is -1.41. The van der Waals surface area contributed by atoms with Crippen LogP contribution in [-0.2, 0) is 9.53 Å². The monoisotopic (exact) mass is 475 g/mol. The average Bonchev–Trinajstić information content (AvgIpc) is 3.47. The van der Waals surface area contributed by atoms with Gasteiger partial charge in [0, 0.05) is 31.5 Å². The van der Waals surface area contributed by atoms with Crippen molar-refractivity contribution in [1.82, 2.24) is 25.7 Å². The van der Waals surface area contributed by atoms with E-state index in [1.807, 2.05) is 0 Å². The van der Waals surface area contributed by atoms with Crippen LogP contribution in [-0.4, -0.2) is 71.7 Å². The van der Waals surface area contributed by atoms with Crippen LogP contribution < -0.4 is 10.6 Å². The number of halogens is 1. The molecule has 0 radical (unpaired) electrons. The predicted molar refractivity (Wildman–Crippen MR) is 123 cm³/mol. The van der Waals surface area contributed by atoms with Crippen LogP contribution in [0.4, 0.5) is 4.39 Å². The SMILES string of the molecule is O=C(N1CCC(c2noc(C3CC(NC4COC4)NCC34CCCCCC4)n2)CC1)C1(F)CC1. The molecule has 0 aromatic carbocycles. The van der Waals surface area contributed by atoms with Gasteiger partial charge in [0.25, 0.3) is 5.91 Å². The Morgan fingerprint density at radius 1 is 1.09 bits per heavy atom. The first-order chi connectivity index (χ1) is 16.5. The molecule has 2 aliphatic carbocycles. The van der Waals surface area contributed by atoms with Gasteiger partial charge in [0.1, 0.15) is 0 Å². The van der Waals surface area contributed by atoms with E-state index in [4.69, 9.17) is 14.2 Å². The minimum absolute atomic E-state index is 0.171. The number of amides is 1. The van der Waals surface area contributed by atoms with Gasteiger partial charge in [0.2, 0.25) is 5.89 Å². The summed E-state index contributed by atoms with van der Waals surface area (Å²) in [5, 5.41) is 11.9.